The highest BCUT2D eigenvalue weighted by atomic mass is 35.5. The van der Waals surface area contributed by atoms with Crippen molar-refractivity contribution in [2.45, 2.75) is 12.3 Å². The maximum atomic E-state index is 11.1. The second-order valence-electron chi connectivity index (χ2n) is 2.44. The summed E-state index contributed by atoms with van der Waals surface area (Å²) in [6.45, 7) is 1.58. The summed E-state index contributed by atoms with van der Waals surface area (Å²) in [7, 11) is 0. The van der Waals surface area contributed by atoms with E-state index in [1.165, 1.54) is 0 Å². The molecular formula is C8H8Cl2N2O. The minimum absolute atomic E-state index is 0.317. The van der Waals surface area contributed by atoms with E-state index in [0.717, 1.165) is 0 Å². The summed E-state index contributed by atoms with van der Waals surface area (Å²) in [4.78, 5) is 15.0. The zero-order valence-corrected chi connectivity index (χ0v) is 8.43. The lowest BCUT2D eigenvalue weighted by molar-refractivity contribution is -0.115. The first-order valence-corrected chi connectivity index (χ1v) is 4.48. The number of hydrogen-bond donors (Lipinski definition) is 1. The highest BCUT2D eigenvalue weighted by Crippen LogP contribution is 2.17. The Morgan fingerprint density at radius 2 is 2.38 bits per heavy atom. The van der Waals surface area contributed by atoms with Crippen molar-refractivity contribution in [3.05, 3.63) is 23.4 Å². The van der Waals surface area contributed by atoms with Crippen LogP contribution in [-0.4, -0.2) is 16.3 Å². The Morgan fingerprint density at radius 3 is 2.92 bits per heavy atom. The van der Waals surface area contributed by atoms with Crippen LogP contribution in [0.4, 0.5) is 5.82 Å². The summed E-state index contributed by atoms with van der Waals surface area (Å²) in [6.07, 6.45) is 1.54. The van der Waals surface area contributed by atoms with E-state index >= 15 is 0 Å². The molecule has 1 aromatic rings. The first-order valence-electron chi connectivity index (χ1n) is 3.66. The van der Waals surface area contributed by atoms with Gasteiger partial charge in [-0.1, -0.05) is 11.6 Å². The van der Waals surface area contributed by atoms with Crippen LogP contribution < -0.4 is 5.32 Å². The summed E-state index contributed by atoms with van der Waals surface area (Å²) < 4.78 is 0. The lowest BCUT2D eigenvalue weighted by atomic mass is 10.4. The molecule has 0 aromatic carbocycles. The van der Waals surface area contributed by atoms with Crippen molar-refractivity contribution in [1.82, 2.24) is 4.98 Å². The Kier molecular flexibility index (Phi) is 3.51. The van der Waals surface area contributed by atoms with Crippen molar-refractivity contribution >= 4 is 34.9 Å². The first kappa shape index (κ1) is 10.3. The van der Waals surface area contributed by atoms with E-state index in [1.807, 2.05) is 0 Å². The fourth-order valence-corrected chi connectivity index (χ4v) is 0.917. The van der Waals surface area contributed by atoms with Crippen molar-refractivity contribution in [1.29, 1.82) is 0 Å². The molecule has 1 N–H and O–H groups in total. The number of hydrogen-bond acceptors (Lipinski definition) is 2. The number of pyridine rings is 1. The third-order valence-electron chi connectivity index (χ3n) is 1.36. The molecule has 0 radical (unpaired) electrons. The minimum Gasteiger partial charge on any atom is -0.308 e. The van der Waals surface area contributed by atoms with E-state index < -0.39 is 5.38 Å². The van der Waals surface area contributed by atoms with E-state index in [0.29, 0.717) is 10.8 Å². The van der Waals surface area contributed by atoms with Crippen LogP contribution >= 0.6 is 23.2 Å². The SMILES string of the molecule is CC(Cl)C(=O)Nc1ncccc1Cl. The number of nitrogens with zero attached hydrogens (tertiary/aromatic N) is 1. The minimum atomic E-state index is -0.599. The van der Waals surface area contributed by atoms with Gasteiger partial charge in [-0.05, 0) is 19.1 Å². The average Bonchev–Trinajstić information content (AvgIpc) is 2.08. The van der Waals surface area contributed by atoms with E-state index in [-0.39, 0.29) is 5.91 Å². The molecule has 0 spiro atoms. The van der Waals surface area contributed by atoms with Crippen LogP contribution in [0.3, 0.4) is 0 Å². The van der Waals surface area contributed by atoms with Gasteiger partial charge in [0.05, 0.1) is 5.02 Å². The molecule has 0 fully saturated rings. The summed E-state index contributed by atoms with van der Waals surface area (Å²) in [5.41, 5.74) is 0. The molecule has 0 saturated heterocycles. The van der Waals surface area contributed by atoms with Crippen molar-refractivity contribution in [2.24, 2.45) is 0 Å². The quantitative estimate of drug-likeness (QED) is 0.775. The molecule has 1 unspecified atom stereocenters. The molecule has 1 heterocycles. The molecule has 1 atom stereocenters. The molecule has 0 aliphatic heterocycles. The zero-order valence-electron chi connectivity index (χ0n) is 6.92. The molecular weight excluding hydrogens is 211 g/mol. The van der Waals surface area contributed by atoms with E-state index in [9.17, 15) is 4.79 Å². The van der Waals surface area contributed by atoms with Gasteiger partial charge in [0.1, 0.15) is 5.38 Å². The number of nitrogens with one attached hydrogen (secondary N) is 1. The van der Waals surface area contributed by atoms with Crippen molar-refractivity contribution in [3.63, 3.8) is 0 Å². The molecule has 0 aliphatic rings. The van der Waals surface area contributed by atoms with Crippen LogP contribution in [0.5, 0.6) is 0 Å². The van der Waals surface area contributed by atoms with Crippen LogP contribution in [0.25, 0.3) is 0 Å². The molecule has 3 nitrogen and oxygen atoms in total. The largest absolute Gasteiger partial charge is 0.308 e. The number of alkyl halides is 1. The maximum Gasteiger partial charge on any atom is 0.243 e. The molecule has 0 saturated carbocycles. The second-order valence-corrected chi connectivity index (χ2v) is 3.50. The van der Waals surface area contributed by atoms with Gasteiger partial charge in [0.15, 0.2) is 5.82 Å². The molecule has 0 aliphatic carbocycles. The number of halogens is 2. The molecule has 70 valence electrons. The molecule has 1 aromatic heterocycles. The Hall–Kier alpha value is -0.800. The molecule has 1 rings (SSSR count). The van der Waals surface area contributed by atoms with Crippen LogP contribution in [0.2, 0.25) is 5.02 Å². The normalized spacial score (nSPS) is 12.2. The van der Waals surface area contributed by atoms with Gasteiger partial charge in [0.2, 0.25) is 5.91 Å². The van der Waals surface area contributed by atoms with Gasteiger partial charge in [-0.3, -0.25) is 4.79 Å². The number of carbonyl (C=O) groups excluding carboxylic acids is 1. The summed E-state index contributed by atoms with van der Waals surface area (Å²) in [5.74, 6) is 0.0175. The number of aromatic nitrogens is 1. The highest BCUT2D eigenvalue weighted by molar-refractivity contribution is 6.35. The monoisotopic (exact) mass is 218 g/mol. The van der Waals surface area contributed by atoms with Gasteiger partial charge in [0.25, 0.3) is 0 Å². The maximum absolute atomic E-state index is 11.1. The Morgan fingerprint density at radius 1 is 1.69 bits per heavy atom. The first-order chi connectivity index (χ1) is 6.11. The van der Waals surface area contributed by atoms with Crippen LogP contribution in [-0.2, 0) is 4.79 Å². The van der Waals surface area contributed by atoms with Crippen LogP contribution in [0.15, 0.2) is 18.3 Å². The Labute approximate surface area is 86.1 Å². The van der Waals surface area contributed by atoms with Crippen molar-refractivity contribution < 1.29 is 4.79 Å². The molecule has 1 amide bonds. The molecule has 0 bridgehead atoms. The van der Waals surface area contributed by atoms with Gasteiger partial charge in [-0.25, -0.2) is 4.98 Å². The summed E-state index contributed by atoms with van der Waals surface area (Å²) in [5, 5.41) is 2.29. The number of carbonyl (C=O) groups is 1. The van der Waals surface area contributed by atoms with Gasteiger partial charge >= 0.3 is 0 Å². The smallest absolute Gasteiger partial charge is 0.243 e. The number of rotatable bonds is 2. The van der Waals surface area contributed by atoms with E-state index in [1.54, 1.807) is 25.3 Å². The Bertz CT molecular complexity index is 315. The lowest BCUT2D eigenvalue weighted by Gasteiger charge is -2.06. The van der Waals surface area contributed by atoms with Crippen molar-refractivity contribution in [2.75, 3.05) is 5.32 Å². The standard InChI is InChI=1S/C8H8Cl2N2O/c1-5(9)8(13)12-7-6(10)3-2-4-11-7/h2-5H,1H3,(H,11,12,13). The van der Waals surface area contributed by atoms with Gasteiger partial charge < -0.3 is 5.32 Å². The predicted molar refractivity (Wildman–Crippen MR) is 53.2 cm³/mol. The lowest BCUT2D eigenvalue weighted by Crippen LogP contribution is -2.21. The molecule has 13 heavy (non-hydrogen) atoms. The second kappa shape index (κ2) is 4.44. The fraction of sp³-hybridized carbons (Fsp3) is 0.250. The van der Waals surface area contributed by atoms with Gasteiger partial charge in [-0.2, -0.15) is 0 Å². The van der Waals surface area contributed by atoms with Gasteiger partial charge in [-0.15, -0.1) is 11.6 Å². The molecule has 5 heteroatoms. The summed E-state index contributed by atoms with van der Waals surface area (Å²) >= 11 is 11.3. The van der Waals surface area contributed by atoms with E-state index in [2.05, 4.69) is 10.3 Å². The third kappa shape index (κ3) is 2.86. The van der Waals surface area contributed by atoms with Crippen molar-refractivity contribution in [3.8, 4) is 0 Å². The van der Waals surface area contributed by atoms with Gasteiger partial charge in [0, 0.05) is 6.20 Å². The van der Waals surface area contributed by atoms with Crippen LogP contribution in [0.1, 0.15) is 6.92 Å². The average molecular weight is 219 g/mol. The Balaban J connectivity index is 2.75. The number of anilines is 1. The summed E-state index contributed by atoms with van der Waals surface area (Å²) in [6, 6.07) is 3.32. The van der Waals surface area contributed by atoms with E-state index in [4.69, 9.17) is 23.2 Å². The number of amides is 1. The highest BCUT2D eigenvalue weighted by Gasteiger charge is 2.11. The predicted octanol–water partition coefficient (Wildman–Crippen LogP) is 2.30. The van der Waals surface area contributed by atoms with Crippen LogP contribution in [0, 0.1) is 0 Å². The fourth-order valence-electron chi connectivity index (χ4n) is 0.694. The zero-order chi connectivity index (χ0) is 9.84. The topological polar surface area (TPSA) is 42.0 Å². The third-order valence-corrected chi connectivity index (χ3v) is 1.86.